The highest BCUT2D eigenvalue weighted by atomic mass is 35.5. The lowest BCUT2D eigenvalue weighted by atomic mass is 10.1. The minimum atomic E-state index is -3.44. The minimum Gasteiger partial charge on any atom is -0.344 e. The number of hydrogen-bond acceptors (Lipinski definition) is 4. The first-order chi connectivity index (χ1) is 12.3. The number of anilines is 1. The van der Waals surface area contributed by atoms with E-state index in [1.807, 2.05) is 0 Å². The molecule has 0 unspecified atom stereocenters. The lowest BCUT2D eigenvalue weighted by molar-refractivity contribution is 0.0934. The fraction of sp³-hybridized carbons (Fsp3) is 0.176. The molecule has 0 fully saturated rings. The molecule has 26 heavy (non-hydrogen) atoms. The van der Waals surface area contributed by atoms with E-state index in [4.69, 9.17) is 11.6 Å². The minimum absolute atomic E-state index is 0.100. The Hall–Kier alpha value is -2.58. The van der Waals surface area contributed by atoms with Crippen LogP contribution in [0.1, 0.15) is 29.0 Å². The Kier molecular flexibility index (Phi) is 4.88. The van der Waals surface area contributed by atoms with E-state index >= 15 is 0 Å². The van der Waals surface area contributed by atoms with Crippen LogP contribution >= 0.6 is 11.6 Å². The summed E-state index contributed by atoms with van der Waals surface area (Å²) in [6.07, 6.45) is 2.78. The van der Waals surface area contributed by atoms with Crippen LogP contribution in [0.4, 0.5) is 5.69 Å². The van der Waals surface area contributed by atoms with Crippen molar-refractivity contribution in [3.8, 4) is 0 Å². The normalized spacial score (nSPS) is 12.7. The molecule has 0 bridgehead atoms. The number of rotatable bonds is 5. The fourth-order valence-corrected chi connectivity index (χ4v) is 3.53. The Morgan fingerprint density at radius 3 is 2.62 bits per heavy atom. The second kappa shape index (κ2) is 6.97. The standard InChI is InChI=1S/C17H17ClN4O3S/c1-11(12-7-3-4-8-13(12)21-26(2,24)25)19-17(23)15-16(18)20-14-9-5-6-10-22(14)15/h3-11,21H,1-2H3,(H,19,23)/t11-/m1/s1. The zero-order chi connectivity index (χ0) is 18.9. The molecule has 9 heteroatoms. The Labute approximate surface area is 156 Å². The molecule has 1 atom stereocenters. The molecule has 0 aliphatic rings. The number of imidazole rings is 1. The predicted molar refractivity (Wildman–Crippen MR) is 101 cm³/mol. The zero-order valence-electron chi connectivity index (χ0n) is 14.1. The number of carbonyl (C=O) groups excluding carboxylic acids is 1. The molecule has 0 radical (unpaired) electrons. The molecule has 0 saturated carbocycles. The average Bonchev–Trinajstić information content (AvgIpc) is 2.89. The number of fused-ring (bicyclic) bond motifs is 1. The maximum absolute atomic E-state index is 12.7. The monoisotopic (exact) mass is 392 g/mol. The summed E-state index contributed by atoms with van der Waals surface area (Å²) in [6, 6.07) is 11.7. The first-order valence-corrected chi connectivity index (χ1v) is 10.0. The van der Waals surface area contributed by atoms with E-state index in [1.165, 1.54) is 0 Å². The molecule has 2 aromatic heterocycles. The van der Waals surface area contributed by atoms with Gasteiger partial charge in [-0.05, 0) is 30.7 Å². The number of amides is 1. The molecule has 3 rings (SSSR count). The van der Waals surface area contributed by atoms with Gasteiger partial charge >= 0.3 is 0 Å². The van der Waals surface area contributed by atoms with Crippen LogP contribution in [0.25, 0.3) is 5.65 Å². The zero-order valence-corrected chi connectivity index (χ0v) is 15.7. The number of benzene rings is 1. The number of nitrogens with zero attached hydrogens (tertiary/aromatic N) is 2. The Morgan fingerprint density at radius 1 is 1.19 bits per heavy atom. The van der Waals surface area contributed by atoms with E-state index in [0.717, 1.165) is 6.26 Å². The van der Waals surface area contributed by atoms with Gasteiger partial charge in [0, 0.05) is 6.20 Å². The van der Waals surface area contributed by atoms with E-state index in [0.29, 0.717) is 16.9 Å². The lowest BCUT2D eigenvalue weighted by Crippen LogP contribution is -2.28. The summed E-state index contributed by atoms with van der Waals surface area (Å²) in [5.74, 6) is -0.407. The number of aromatic nitrogens is 2. The predicted octanol–water partition coefficient (Wildman–Crippen LogP) is 2.85. The molecule has 0 spiro atoms. The number of pyridine rings is 1. The van der Waals surface area contributed by atoms with Gasteiger partial charge in [-0.25, -0.2) is 13.4 Å². The van der Waals surface area contributed by atoms with Crippen molar-refractivity contribution in [2.45, 2.75) is 13.0 Å². The van der Waals surface area contributed by atoms with Gasteiger partial charge in [-0.2, -0.15) is 0 Å². The molecule has 0 aliphatic heterocycles. The van der Waals surface area contributed by atoms with Gasteiger partial charge in [0.2, 0.25) is 10.0 Å². The number of halogens is 1. The van der Waals surface area contributed by atoms with Gasteiger partial charge in [0.05, 0.1) is 18.0 Å². The summed E-state index contributed by atoms with van der Waals surface area (Å²) in [5.41, 5.74) is 1.83. The molecule has 0 aliphatic carbocycles. The van der Waals surface area contributed by atoms with Crippen molar-refractivity contribution in [3.63, 3.8) is 0 Å². The van der Waals surface area contributed by atoms with Gasteiger partial charge in [0.25, 0.3) is 5.91 Å². The highest BCUT2D eigenvalue weighted by Crippen LogP contribution is 2.25. The third kappa shape index (κ3) is 3.81. The number of para-hydroxylation sites is 1. The summed E-state index contributed by atoms with van der Waals surface area (Å²) in [5, 5.41) is 2.94. The average molecular weight is 393 g/mol. The van der Waals surface area contributed by atoms with E-state index < -0.39 is 22.0 Å². The van der Waals surface area contributed by atoms with E-state index in [1.54, 1.807) is 60.0 Å². The fourth-order valence-electron chi connectivity index (χ4n) is 2.68. The van der Waals surface area contributed by atoms with Gasteiger partial charge < -0.3 is 5.32 Å². The van der Waals surface area contributed by atoms with Gasteiger partial charge in [-0.3, -0.25) is 13.9 Å². The lowest BCUT2D eigenvalue weighted by Gasteiger charge is -2.18. The maximum Gasteiger partial charge on any atom is 0.272 e. The van der Waals surface area contributed by atoms with Crippen LogP contribution in [0.3, 0.4) is 0 Å². The Balaban J connectivity index is 1.90. The van der Waals surface area contributed by atoms with Crippen LogP contribution in [0.2, 0.25) is 5.15 Å². The molecule has 136 valence electrons. The largest absolute Gasteiger partial charge is 0.344 e. The van der Waals surface area contributed by atoms with Gasteiger partial charge in [0.15, 0.2) is 10.8 Å². The molecule has 2 N–H and O–H groups in total. The first-order valence-electron chi connectivity index (χ1n) is 7.76. The van der Waals surface area contributed by atoms with Crippen LogP contribution in [-0.2, 0) is 10.0 Å². The molecular formula is C17H17ClN4O3S. The number of carbonyl (C=O) groups is 1. The summed E-state index contributed by atoms with van der Waals surface area (Å²) < 4.78 is 27.2. The molecule has 1 amide bonds. The molecular weight excluding hydrogens is 376 g/mol. The molecule has 0 saturated heterocycles. The number of hydrogen-bond donors (Lipinski definition) is 2. The van der Waals surface area contributed by atoms with Crippen molar-refractivity contribution in [1.29, 1.82) is 0 Å². The summed E-state index contributed by atoms with van der Waals surface area (Å²) >= 11 is 6.13. The topological polar surface area (TPSA) is 92.6 Å². The smallest absolute Gasteiger partial charge is 0.272 e. The highest BCUT2D eigenvalue weighted by Gasteiger charge is 2.21. The summed E-state index contributed by atoms with van der Waals surface area (Å²) in [4.78, 5) is 16.9. The molecule has 2 heterocycles. The van der Waals surface area contributed by atoms with Crippen LogP contribution in [-0.4, -0.2) is 30.0 Å². The summed E-state index contributed by atoms with van der Waals surface area (Å²) in [6.45, 7) is 1.76. The second-order valence-corrected chi connectivity index (χ2v) is 7.94. The third-order valence-electron chi connectivity index (χ3n) is 3.77. The van der Waals surface area contributed by atoms with Crippen molar-refractivity contribution < 1.29 is 13.2 Å². The van der Waals surface area contributed by atoms with Crippen molar-refractivity contribution >= 4 is 38.9 Å². The molecule has 3 aromatic rings. The van der Waals surface area contributed by atoms with E-state index in [9.17, 15) is 13.2 Å². The Morgan fingerprint density at radius 2 is 1.88 bits per heavy atom. The number of nitrogens with one attached hydrogen (secondary N) is 2. The van der Waals surface area contributed by atoms with Crippen LogP contribution in [0.15, 0.2) is 48.7 Å². The van der Waals surface area contributed by atoms with Crippen LogP contribution in [0.5, 0.6) is 0 Å². The first kappa shape index (κ1) is 18.2. The van der Waals surface area contributed by atoms with Crippen molar-refractivity contribution in [1.82, 2.24) is 14.7 Å². The van der Waals surface area contributed by atoms with E-state index in [2.05, 4.69) is 15.0 Å². The molecule has 7 nitrogen and oxygen atoms in total. The Bertz CT molecular complexity index is 1080. The SMILES string of the molecule is C[C@@H](NC(=O)c1c(Cl)nc2ccccn12)c1ccccc1NS(C)(=O)=O. The molecule has 1 aromatic carbocycles. The van der Waals surface area contributed by atoms with E-state index in [-0.39, 0.29) is 10.8 Å². The van der Waals surface area contributed by atoms with Gasteiger partial charge in [-0.15, -0.1) is 0 Å². The maximum atomic E-state index is 12.7. The van der Waals surface area contributed by atoms with Crippen molar-refractivity contribution in [3.05, 3.63) is 65.1 Å². The van der Waals surface area contributed by atoms with Crippen LogP contribution in [0, 0.1) is 0 Å². The third-order valence-corrected chi connectivity index (χ3v) is 4.63. The van der Waals surface area contributed by atoms with Gasteiger partial charge in [0.1, 0.15) is 5.65 Å². The number of sulfonamides is 1. The van der Waals surface area contributed by atoms with Crippen molar-refractivity contribution in [2.24, 2.45) is 0 Å². The second-order valence-electron chi connectivity index (χ2n) is 5.84. The van der Waals surface area contributed by atoms with Crippen molar-refractivity contribution in [2.75, 3.05) is 11.0 Å². The highest BCUT2D eigenvalue weighted by molar-refractivity contribution is 7.92. The quantitative estimate of drug-likeness (QED) is 0.698. The van der Waals surface area contributed by atoms with Crippen LogP contribution < -0.4 is 10.0 Å². The summed E-state index contributed by atoms with van der Waals surface area (Å²) in [7, 11) is -3.44. The van der Waals surface area contributed by atoms with Gasteiger partial charge in [-0.1, -0.05) is 35.9 Å².